The molecule has 2 aromatic rings. The monoisotopic (exact) mass is 327 g/mol. The van der Waals surface area contributed by atoms with E-state index >= 15 is 0 Å². The van der Waals surface area contributed by atoms with Crippen molar-refractivity contribution in [2.75, 3.05) is 13.7 Å². The standard InChI is InChI=1S/C16H16Cl2FNO/c1-3-20-16(11-4-6-12(17)14(19)9-11)10-5-7-15(21-2)13(18)8-10/h4-9,16,20H,3H2,1-2H3. The van der Waals surface area contributed by atoms with Crippen LogP contribution in [-0.4, -0.2) is 13.7 Å². The first-order valence-corrected chi connectivity index (χ1v) is 7.34. The number of rotatable bonds is 5. The Balaban J connectivity index is 2.42. The summed E-state index contributed by atoms with van der Waals surface area (Å²) in [5.74, 6) is 0.176. The van der Waals surface area contributed by atoms with Crippen molar-refractivity contribution in [1.82, 2.24) is 5.32 Å². The Labute approximate surface area is 133 Å². The van der Waals surface area contributed by atoms with E-state index in [0.717, 1.165) is 17.7 Å². The summed E-state index contributed by atoms with van der Waals surface area (Å²) in [7, 11) is 1.57. The molecule has 0 heterocycles. The zero-order chi connectivity index (χ0) is 15.4. The molecule has 0 amide bonds. The number of methoxy groups -OCH3 is 1. The first-order valence-electron chi connectivity index (χ1n) is 6.58. The van der Waals surface area contributed by atoms with E-state index in [2.05, 4.69) is 5.32 Å². The van der Waals surface area contributed by atoms with E-state index in [4.69, 9.17) is 27.9 Å². The molecule has 2 rings (SSSR count). The number of benzene rings is 2. The number of halogens is 3. The summed E-state index contributed by atoms with van der Waals surface area (Å²) >= 11 is 11.9. The van der Waals surface area contributed by atoms with Crippen LogP contribution in [0.3, 0.4) is 0 Å². The minimum Gasteiger partial charge on any atom is -0.495 e. The third kappa shape index (κ3) is 3.67. The molecule has 0 spiro atoms. The van der Waals surface area contributed by atoms with Crippen LogP contribution in [0.25, 0.3) is 0 Å². The van der Waals surface area contributed by atoms with Crippen molar-refractivity contribution in [2.45, 2.75) is 13.0 Å². The van der Waals surface area contributed by atoms with E-state index < -0.39 is 5.82 Å². The van der Waals surface area contributed by atoms with Gasteiger partial charge in [-0.05, 0) is 41.9 Å². The molecule has 0 saturated carbocycles. The summed E-state index contributed by atoms with van der Waals surface area (Å²) in [6.45, 7) is 2.73. The summed E-state index contributed by atoms with van der Waals surface area (Å²) in [4.78, 5) is 0. The van der Waals surface area contributed by atoms with Crippen molar-refractivity contribution in [3.63, 3.8) is 0 Å². The second-order valence-electron chi connectivity index (χ2n) is 4.56. The highest BCUT2D eigenvalue weighted by Crippen LogP contribution is 2.31. The number of ether oxygens (including phenoxy) is 1. The molecule has 0 fully saturated rings. The van der Waals surface area contributed by atoms with Gasteiger partial charge in [0.2, 0.25) is 0 Å². The zero-order valence-corrected chi connectivity index (χ0v) is 13.3. The van der Waals surface area contributed by atoms with Crippen LogP contribution >= 0.6 is 23.2 Å². The van der Waals surface area contributed by atoms with Crippen molar-refractivity contribution in [2.24, 2.45) is 0 Å². The molecule has 0 saturated heterocycles. The van der Waals surface area contributed by atoms with Crippen LogP contribution in [0, 0.1) is 5.82 Å². The van der Waals surface area contributed by atoms with Crippen molar-refractivity contribution >= 4 is 23.2 Å². The van der Waals surface area contributed by atoms with Gasteiger partial charge in [-0.15, -0.1) is 0 Å². The van der Waals surface area contributed by atoms with Gasteiger partial charge in [-0.2, -0.15) is 0 Å². The van der Waals surface area contributed by atoms with Crippen LogP contribution in [0.1, 0.15) is 24.1 Å². The molecule has 2 aromatic carbocycles. The lowest BCUT2D eigenvalue weighted by molar-refractivity contribution is 0.414. The average molecular weight is 328 g/mol. The fourth-order valence-electron chi connectivity index (χ4n) is 2.19. The molecule has 1 atom stereocenters. The van der Waals surface area contributed by atoms with Crippen LogP contribution in [0.2, 0.25) is 10.0 Å². The second-order valence-corrected chi connectivity index (χ2v) is 5.37. The first kappa shape index (κ1) is 16.1. The third-order valence-electron chi connectivity index (χ3n) is 3.19. The van der Waals surface area contributed by atoms with E-state index in [-0.39, 0.29) is 11.1 Å². The van der Waals surface area contributed by atoms with Gasteiger partial charge in [0.05, 0.1) is 23.2 Å². The molecule has 1 N–H and O–H groups in total. The lowest BCUT2D eigenvalue weighted by atomic mass is 9.98. The van der Waals surface area contributed by atoms with Gasteiger partial charge >= 0.3 is 0 Å². The molecule has 0 aliphatic carbocycles. The predicted molar refractivity (Wildman–Crippen MR) is 84.9 cm³/mol. The normalized spacial score (nSPS) is 12.2. The van der Waals surface area contributed by atoms with Crippen molar-refractivity contribution < 1.29 is 9.13 Å². The van der Waals surface area contributed by atoms with Crippen molar-refractivity contribution in [3.05, 3.63) is 63.4 Å². The van der Waals surface area contributed by atoms with Gasteiger partial charge in [-0.25, -0.2) is 4.39 Å². The topological polar surface area (TPSA) is 21.3 Å². The Morgan fingerprint density at radius 1 is 1.10 bits per heavy atom. The summed E-state index contributed by atoms with van der Waals surface area (Å²) < 4.78 is 18.8. The summed E-state index contributed by atoms with van der Waals surface area (Å²) in [5, 5.41) is 3.95. The highest BCUT2D eigenvalue weighted by atomic mass is 35.5. The molecule has 112 valence electrons. The molecule has 5 heteroatoms. The van der Waals surface area contributed by atoms with E-state index in [0.29, 0.717) is 10.8 Å². The molecule has 0 radical (unpaired) electrons. The highest BCUT2D eigenvalue weighted by Gasteiger charge is 2.16. The SMILES string of the molecule is CCNC(c1ccc(Cl)c(F)c1)c1ccc(OC)c(Cl)c1. The lowest BCUT2D eigenvalue weighted by Gasteiger charge is -2.20. The molecular weight excluding hydrogens is 312 g/mol. The maximum atomic E-state index is 13.7. The van der Waals surface area contributed by atoms with E-state index in [9.17, 15) is 4.39 Å². The summed E-state index contributed by atoms with van der Waals surface area (Å²) in [6.07, 6.45) is 0. The van der Waals surface area contributed by atoms with Crippen LogP contribution in [-0.2, 0) is 0 Å². The number of nitrogens with one attached hydrogen (secondary N) is 1. The van der Waals surface area contributed by atoms with Crippen LogP contribution in [0.15, 0.2) is 36.4 Å². The molecule has 0 aromatic heterocycles. The van der Waals surface area contributed by atoms with Gasteiger partial charge in [0.15, 0.2) is 0 Å². The molecule has 2 nitrogen and oxygen atoms in total. The summed E-state index contributed by atoms with van der Waals surface area (Å²) in [5.41, 5.74) is 1.73. The quantitative estimate of drug-likeness (QED) is 0.848. The third-order valence-corrected chi connectivity index (χ3v) is 3.80. The highest BCUT2D eigenvalue weighted by molar-refractivity contribution is 6.32. The molecule has 0 aliphatic rings. The van der Waals surface area contributed by atoms with Crippen LogP contribution in [0.5, 0.6) is 5.75 Å². The van der Waals surface area contributed by atoms with E-state index in [1.54, 1.807) is 25.3 Å². The zero-order valence-electron chi connectivity index (χ0n) is 11.8. The maximum absolute atomic E-state index is 13.7. The molecule has 0 aliphatic heterocycles. The Morgan fingerprint density at radius 2 is 1.76 bits per heavy atom. The fraction of sp³-hybridized carbons (Fsp3) is 0.250. The van der Waals surface area contributed by atoms with E-state index in [1.807, 2.05) is 19.1 Å². The Morgan fingerprint density at radius 3 is 2.33 bits per heavy atom. The number of hydrogen-bond donors (Lipinski definition) is 1. The van der Waals surface area contributed by atoms with Crippen molar-refractivity contribution in [3.8, 4) is 5.75 Å². The summed E-state index contributed by atoms with van der Waals surface area (Å²) in [6, 6.07) is 10.2. The van der Waals surface area contributed by atoms with Crippen LogP contribution < -0.4 is 10.1 Å². The molecule has 21 heavy (non-hydrogen) atoms. The Kier molecular flexibility index (Phi) is 5.45. The van der Waals surface area contributed by atoms with Gasteiger partial charge in [0.25, 0.3) is 0 Å². The lowest BCUT2D eigenvalue weighted by Crippen LogP contribution is -2.22. The molecular formula is C16H16Cl2FNO. The van der Waals surface area contributed by atoms with Gasteiger partial charge in [-0.1, -0.05) is 42.3 Å². The maximum Gasteiger partial charge on any atom is 0.142 e. The second kappa shape index (κ2) is 7.12. The van der Waals surface area contributed by atoms with Crippen LogP contribution in [0.4, 0.5) is 4.39 Å². The van der Waals surface area contributed by atoms with Gasteiger partial charge in [0, 0.05) is 0 Å². The first-order chi connectivity index (χ1) is 10.1. The average Bonchev–Trinajstić information content (AvgIpc) is 2.48. The van der Waals surface area contributed by atoms with Gasteiger partial charge < -0.3 is 10.1 Å². The molecule has 1 unspecified atom stereocenters. The Bertz CT molecular complexity index is 634. The minimum absolute atomic E-state index is 0.113. The fourth-order valence-corrected chi connectivity index (χ4v) is 2.57. The van der Waals surface area contributed by atoms with Gasteiger partial charge in [-0.3, -0.25) is 0 Å². The van der Waals surface area contributed by atoms with Crippen molar-refractivity contribution in [1.29, 1.82) is 0 Å². The minimum atomic E-state index is -0.434. The molecule has 0 bridgehead atoms. The Hall–Kier alpha value is -1.29. The van der Waals surface area contributed by atoms with Gasteiger partial charge in [0.1, 0.15) is 11.6 Å². The number of hydrogen-bond acceptors (Lipinski definition) is 2. The van der Waals surface area contributed by atoms with E-state index in [1.165, 1.54) is 6.07 Å². The predicted octanol–water partition coefficient (Wildman–Crippen LogP) is 4.84. The smallest absolute Gasteiger partial charge is 0.142 e. The largest absolute Gasteiger partial charge is 0.495 e.